The molecule has 1 aromatic carbocycles. The number of hydrogen-bond donors (Lipinski definition) is 1. The molecule has 3 heteroatoms. The van der Waals surface area contributed by atoms with Gasteiger partial charge in [-0.05, 0) is 43.2 Å². The van der Waals surface area contributed by atoms with E-state index in [9.17, 15) is 0 Å². The number of fused-ring (bicyclic) bond motifs is 1. The summed E-state index contributed by atoms with van der Waals surface area (Å²) in [6, 6.07) is 8.33. The largest absolute Gasteiger partial charge is 0.370 e. The maximum atomic E-state index is 4.62. The fourth-order valence-corrected chi connectivity index (χ4v) is 2.05. The van der Waals surface area contributed by atoms with E-state index >= 15 is 0 Å². The minimum Gasteiger partial charge on any atom is -0.370 e. The van der Waals surface area contributed by atoms with Crippen LogP contribution in [-0.2, 0) is 0 Å². The van der Waals surface area contributed by atoms with Crippen LogP contribution in [0.25, 0.3) is 10.9 Å². The molecule has 0 fully saturated rings. The Morgan fingerprint density at radius 1 is 1.31 bits per heavy atom. The third kappa shape index (κ3) is 2.35. The van der Waals surface area contributed by atoms with Crippen LogP contribution in [-0.4, -0.2) is 11.5 Å². The number of anilines is 1. The second kappa shape index (κ2) is 4.83. The number of nitrogens with one attached hydrogen (secondary N) is 1. The Balaban J connectivity index is 2.45. The molecule has 2 nitrogen and oxygen atoms in total. The van der Waals surface area contributed by atoms with Crippen LogP contribution >= 0.6 is 15.9 Å². The van der Waals surface area contributed by atoms with Gasteiger partial charge in [0.05, 0.1) is 5.52 Å². The van der Waals surface area contributed by atoms with Crippen molar-refractivity contribution in [3.8, 4) is 0 Å². The van der Waals surface area contributed by atoms with Crippen molar-refractivity contribution in [2.24, 2.45) is 0 Å². The van der Waals surface area contributed by atoms with Gasteiger partial charge in [0, 0.05) is 16.4 Å². The molecule has 2 rings (SSSR count). The highest BCUT2D eigenvalue weighted by molar-refractivity contribution is 9.10. The fraction of sp³-hybridized carbons (Fsp3) is 0.308. The van der Waals surface area contributed by atoms with Crippen LogP contribution in [0.15, 0.2) is 28.7 Å². The molecule has 2 aromatic rings. The average Bonchev–Trinajstić information content (AvgIpc) is 2.26. The van der Waals surface area contributed by atoms with Crippen molar-refractivity contribution in [2.45, 2.75) is 20.3 Å². The first-order chi connectivity index (χ1) is 7.70. The van der Waals surface area contributed by atoms with Crippen molar-refractivity contribution in [1.29, 1.82) is 0 Å². The summed E-state index contributed by atoms with van der Waals surface area (Å²) in [4.78, 5) is 4.62. The van der Waals surface area contributed by atoms with Crippen LogP contribution in [0, 0.1) is 6.92 Å². The normalized spacial score (nSPS) is 10.7. The predicted octanol–water partition coefficient (Wildman–Crippen LogP) is 4.13. The standard InChI is InChI=1S/C13H15BrN2/c1-3-6-15-13-9(2)7-10-8-11(14)4-5-12(10)16-13/h4-5,7-8H,3,6H2,1-2H3,(H,15,16). The summed E-state index contributed by atoms with van der Waals surface area (Å²) in [7, 11) is 0. The molecule has 0 atom stereocenters. The molecule has 84 valence electrons. The van der Waals surface area contributed by atoms with Crippen LogP contribution in [0.2, 0.25) is 0 Å². The van der Waals surface area contributed by atoms with Gasteiger partial charge < -0.3 is 5.32 Å². The highest BCUT2D eigenvalue weighted by atomic mass is 79.9. The monoisotopic (exact) mass is 278 g/mol. The van der Waals surface area contributed by atoms with E-state index < -0.39 is 0 Å². The predicted molar refractivity (Wildman–Crippen MR) is 73.0 cm³/mol. The second-order valence-corrected chi connectivity index (χ2v) is 4.83. The molecule has 1 heterocycles. The molecule has 0 unspecified atom stereocenters. The minimum atomic E-state index is 0.968. The van der Waals surface area contributed by atoms with E-state index in [1.54, 1.807) is 0 Å². The molecule has 0 bridgehead atoms. The van der Waals surface area contributed by atoms with E-state index in [2.05, 4.69) is 52.2 Å². The lowest BCUT2D eigenvalue weighted by molar-refractivity contribution is 0.968. The van der Waals surface area contributed by atoms with E-state index in [0.717, 1.165) is 28.8 Å². The van der Waals surface area contributed by atoms with Crippen LogP contribution in [0.1, 0.15) is 18.9 Å². The number of nitrogens with zero attached hydrogens (tertiary/aromatic N) is 1. The highest BCUT2D eigenvalue weighted by Gasteiger charge is 2.02. The van der Waals surface area contributed by atoms with Crippen LogP contribution in [0.3, 0.4) is 0 Å². The molecule has 16 heavy (non-hydrogen) atoms. The number of rotatable bonds is 3. The van der Waals surface area contributed by atoms with Gasteiger partial charge in [-0.1, -0.05) is 22.9 Å². The summed E-state index contributed by atoms with van der Waals surface area (Å²) < 4.78 is 1.09. The summed E-state index contributed by atoms with van der Waals surface area (Å²) in [5.41, 5.74) is 2.23. The number of aryl methyl sites for hydroxylation is 1. The first-order valence-electron chi connectivity index (χ1n) is 5.51. The first kappa shape index (κ1) is 11.4. The Morgan fingerprint density at radius 3 is 2.88 bits per heavy atom. The van der Waals surface area contributed by atoms with Gasteiger partial charge in [0.1, 0.15) is 5.82 Å². The van der Waals surface area contributed by atoms with Crippen LogP contribution < -0.4 is 5.32 Å². The number of benzene rings is 1. The topological polar surface area (TPSA) is 24.9 Å². The quantitative estimate of drug-likeness (QED) is 0.913. The van der Waals surface area contributed by atoms with E-state index in [1.807, 2.05) is 12.1 Å². The highest BCUT2D eigenvalue weighted by Crippen LogP contribution is 2.22. The minimum absolute atomic E-state index is 0.968. The van der Waals surface area contributed by atoms with Crippen molar-refractivity contribution in [3.63, 3.8) is 0 Å². The van der Waals surface area contributed by atoms with E-state index in [-0.39, 0.29) is 0 Å². The molecule has 0 aliphatic carbocycles. The molecule has 0 saturated heterocycles. The van der Waals surface area contributed by atoms with Crippen LogP contribution in [0.4, 0.5) is 5.82 Å². The van der Waals surface area contributed by atoms with Crippen LogP contribution in [0.5, 0.6) is 0 Å². The summed E-state index contributed by atoms with van der Waals surface area (Å²) in [6.45, 7) is 5.21. The third-order valence-electron chi connectivity index (χ3n) is 2.51. The molecule has 0 saturated carbocycles. The third-order valence-corrected chi connectivity index (χ3v) is 3.00. The summed E-state index contributed by atoms with van der Waals surface area (Å²) in [5, 5.41) is 4.52. The van der Waals surface area contributed by atoms with Crippen molar-refractivity contribution < 1.29 is 0 Å². The zero-order valence-electron chi connectivity index (χ0n) is 9.55. The molecule has 0 spiro atoms. The molecule has 0 aliphatic heterocycles. The van der Waals surface area contributed by atoms with Crippen molar-refractivity contribution in [1.82, 2.24) is 4.98 Å². The molecular weight excluding hydrogens is 264 g/mol. The number of aromatic nitrogens is 1. The Bertz CT molecular complexity index is 509. The van der Waals surface area contributed by atoms with Gasteiger partial charge in [-0.2, -0.15) is 0 Å². The smallest absolute Gasteiger partial charge is 0.129 e. The van der Waals surface area contributed by atoms with Gasteiger partial charge >= 0.3 is 0 Å². The van der Waals surface area contributed by atoms with E-state index in [1.165, 1.54) is 10.9 Å². The van der Waals surface area contributed by atoms with Gasteiger partial charge in [0.25, 0.3) is 0 Å². The zero-order valence-corrected chi connectivity index (χ0v) is 11.1. The lowest BCUT2D eigenvalue weighted by Gasteiger charge is -2.09. The molecular formula is C13H15BrN2. The van der Waals surface area contributed by atoms with Gasteiger partial charge in [-0.15, -0.1) is 0 Å². The molecule has 0 radical (unpaired) electrons. The number of pyridine rings is 1. The number of halogens is 1. The van der Waals surface area contributed by atoms with E-state index in [0.29, 0.717) is 0 Å². The SMILES string of the molecule is CCCNc1nc2ccc(Br)cc2cc1C. The maximum Gasteiger partial charge on any atom is 0.129 e. The maximum absolute atomic E-state index is 4.62. The zero-order chi connectivity index (χ0) is 11.5. The lowest BCUT2D eigenvalue weighted by atomic mass is 10.1. The molecule has 0 aliphatic rings. The van der Waals surface area contributed by atoms with Crippen molar-refractivity contribution in [2.75, 3.05) is 11.9 Å². The first-order valence-corrected chi connectivity index (χ1v) is 6.31. The average molecular weight is 279 g/mol. The summed E-state index contributed by atoms with van der Waals surface area (Å²) in [5.74, 6) is 0.997. The molecule has 1 aromatic heterocycles. The van der Waals surface area contributed by atoms with Gasteiger partial charge in [0.2, 0.25) is 0 Å². The Kier molecular flexibility index (Phi) is 3.44. The second-order valence-electron chi connectivity index (χ2n) is 3.92. The van der Waals surface area contributed by atoms with Crippen molar-refractivity contribution in [3.05, 3.63) is 34.3 Å². The Hall–Kier alpha value is -1.09. The Morgan fingerprint density at radius 2 is 2.12 bits per heavy atom. The Labute approximate surface area is 104 Å². The van der Waals surface area contributed by atoms with Gasteiger partial charge in [-0.3, -0.25) is 0 Å². The lowest BCUT2D eigenvalue weighted by Crippen LogP contribution is -2.03. The molecule has 0 amide bonds. The van der Waals surface area contributed by atoms with Crippen molar-refractivity contribution >= 4 is 32.7 Å². The number of hydrogen-bond acceptors (Lipinski definition) is 2. The molecule has 1 N–H and O–H groups in total. The fourth-order valence-electron chi connectivity index (χ4n) is 1.68. The van der Waals surface area contributed by atoms with E-state index in [4.69, 9.17) is 0 Å². The summed E-state index contributed by atoms with van der Waals surface area (Å²) in [6.07, 6.45) is 1.11. The summed E-state index contributed by atoms with van der Waals surface area (Å²) >= 11 is 3.47. The van der Waals surface area contributed by atoms with Gasteiger partial charge in [-0.25, -0.2) is 4.98 Å². The van der Waals surface area contributed by atoms with Gasteiger partial charge in [0.15, 0.2) is 0 Å².